The number of anilines is 1. The third-order valence-electron chi connectivity index (χ3n) is 4.00. The summed E-state index contributed by atoms with van der Waals surface area (Å²) >= 11 is 3.60. The smallest absolute Gasteiger partial charge is 0.0424 e. The number of nitrogens with two attached hydrogens (primary N) is 1. The molecule has 1 aliphatic rings. The SMILES string of the molecule is CC1CN(c2cccc(Br)c2CN)CC(C)N1C. The van der Waals surface area contributed by atoms with Crippen molar-refractivity contribution in [2.45, 2.75) is 32.5 Å². The van der Waals surface area contributed by atoms with Crippen LogP contribution in [-0.4, -0.2) is 37.1 Å². The van der Waals surface area contributed by atoms with Crippen molar-refractivity contribution in [1.29, 1.82) is 0 Å². The zero-order valence-corrected chi connectivity index (χ0v) is 12.9. The molecule has 0 aliphatic carbocycles. The minimum Gasteiger partial charge on any atom is -0.368 e. The number of hydrogen-bond donors (Lipinski definition) is 1. The summed E-state index contributed by atoms with van der Waals surface area (Å²) in [4.78, 5) is 4.90. The van der Waals surface area contributed by atoms with Crippen molar-refractivity contribution in [2.24, 2.45) is 5.73 Å². The molecule has 2 atom stereocenters. The summed E-state index contributed by atoms with van der Waals surface area (Å²) in [6.07, 6.45) is 0. The standard InChI is InChI=1S/C14H22BrN3/c1-10-8-18(9-11(2)17(10)3)14-6-4-5-13(15)12(14)7-16/h4-6,10-11H,7-9,16H2,1-3H3. The van der Waals surface area contributed by atoms with Crippen LogP contribution in [0.3, 0.4) is 0 Å². The highest BCUT2D eigenvalue weighted by Crippen LogP contribution is 2.29. The maximum absolute atomic E-state index is 5.89. The summed E-state index contributed by atoms with van der Waals surface area (Å²) in [6.45, 7) is 7.26. The lowest BCUT2D eigenvalue weighted by atomic mass is 10.1. The zero-order chi connectivity index (χ0) is 13.3. The molecule has 18 heavy (non-hydrogen) atoms. The molecule has 100 valence electrons. The third kappa shape index (κ3) is 2.56. The van der Waals surface area contributed by atoms with Gasteiger partial charge >= 0.3 is 0 Å². The van der Waals surface area contributed by atoms with Crippen LogP contribution in [-0.2, 0) is 6.54 Å². The van der Waals surface area contributed by atoms with Gasteiger partial charge in [-0.25, -0.2) is 0 Å². The van der Waals surface area contributed by atoms with Crippen LogP contribution in [0.2, 0.25) is 0 Å². The van der Waals surface area contributed by atoms with E-state index in [1.165, 1.54) is 11.3 Å². The molecule has 1 aliphatic heterocycles. The molecule has 0 radical (unpaired) electrons. The van der Waals surface area contributed by atoms with Gasteiger partial charge in [0.1, 0.15) is 0 Å². The quantitative estimate of drug-likeness (QED) is 0.910. The number of hydrogen-bond acceptors (Lipinski definition) is 3. The van der Waals surface area contributed by atoms with Gasteiger partial charge in [0, 0.05) is 47.4 Å². The van der Waals surface area contributed by atoms with Crippen molar-refractivity contribution in [2.75, 3.05) is 25.0 Å². The predicted molar refractivity (Wildman–Crippen MR) is 80.9 cm³/mol. The normalized spacial score (nSPS) is 25.5. The largest absolute Gasteiger partial charge is 0.368 e. The van der Waals surface area contributed by atoms with E-state index < -0.39 is 0 Å². The van der Waals surface area contributed by atoms with Crippen molar-refractivity contribution in [3.63, 3.8) is 0 Å². The van der Waals surface area contributed by atoms with Gasteiger partial charge in [-0.05, 0) is 33.0 Å². The molecule has 4 heteroatoms. The number of halogens is 1. The lowest BCUT2D eigenvalue weighted by Gasteiger charge is -2.44. The number of benzene rings is 1. The van der Waals surface area contributed by atoms with E-state index in [0.717, 1.165) is 17.6 Å². The lowest BCUT2D eigenvalue weighted by molar-refractivity contribution is 0.170. The highest BCUT2D eigenvalue weighted by atomic mass is 79.9. The first-order chi connectivity index (χ1) is 8.54. The third-order valence-corrected chi connectivity index (χ3v) is 4.74. The summed E-state index contributed by atoms with van der Waals surface area (Å²) in [5.74, 6) is 0. The second-order valence-corrected chi connectivity index (χ2v) is 6.06. The van der Waals surface area contributed by atoms with Crippen molar-refractivity contribution in [3.05, 3.63) is 28.2 Å². The fourth-order valence-corrected chi connectivity index (χ4v) is 3.16. The van der Waals surface area contributed by atoms with E-state index in [4.69, 9.17) is 5.73 Å². The van der Waals surface area contributed by atoms with E-state index >= 15 is 0 Å². The van der Waals surface area contributed by atoms with Gasteiger partial charge in [-0.3, -0.25) is 4.90 Å². The number of piperazine rings is 1. The van der Waals surface area contributed by atoms with Crippen molar-refractivity contribution in [3.8, 4) is 0 Å². The zero-order valence-electron chi connectivity index (χ0n) is 11.4. The second-order valence-electron chi connectivity index (χ2n) is 5.21. The summed E-state index contributed by atoms with van der Waals surface area (Å²) in [7, 11) is 2.21. The van der Waals surface area contributed by atoms with E-state index in [2.05, 4.69) is 64.8 Å². The van der Waals surface area contributed by atoms with Crippen LogP contribution in [0.4, 0.5) is 5.69 Å². The van der Waals surface area contributed by atoms with Gasteiger partial charge in [-0.1, -0.05) is 22.0 Å². The molecule has 3 nitrogen and oxygen atoms in total. The van der Waals surface area contributed by atoms with Gasteiger partial charge in [0.25, 0.3) is 0 Å². The first-order valence-electron chi connectivity index (χ1n) is 6.49. The highest BCUT2D eigenvalue weighted by molar-refractivity contribution is 9.10. The Kier molecular flexibility index (Phi) is 4.30. The van der Waals surface area contributed by atoms with Crippen LogP contribution in [0, 0.1) is 0 Å². The first kappa shape index (κ1) is 13.8. The topological polar surface area (TPSA) is 32.5 Å². The second kappa shape index (κ2) is 5.59. The predicted octanol–water partition coefficient (Wildman–Crippen LogP) is 2.44. The van der Waals surface area contributed by atoms with Crippen LogP contribution in [0.15, 0.2) is 22.7 Å². The summed E-state index contributed by atoms with van der Waals surface area (Å²) < 4.78 is 1.11. The number of nitrogens with zero attached hydrogens (tertiary/aromatic N) is 2. The fraction of sp³-hybridized carbons (Fsp3) is 0.571. The van der Waals surface area contributed by atoms with Crippen molar-refractivity contribution >= 4 is 21.6 Å². The Labute approximate surface area is 118 Å². The van der Waals surface area contributed by atoms with E-state index in [1.54, 1.807) is 0 Å². The van der Waals surface area contributed by atoms with Gasteiger partial charge in [0.05, 0.1) is 0 Å². The summed E-state index contributed by atoms with van der Waals surface area (Å²) in [5, 5.41) is 0. The molecule has 2 unspecified atom stereocenters. The first-order valence-corrected chi connectivity index (χ1v) is 7.28. The van der Waals surface area contributed by atoms with Crippen molar-refractivity contribution < 1.29 is 0 Å². The van der Waals surface area contributed by atoms with Gasteiger partial charge in [-0.2, -0.15) is 0 Å². The molecule has 2 rings (SSSR count). The maximum Gasteiger partial charge on any atom is 0.0424 e. The molecule has 1 heterocycles. The molecule has 1 saturated heterocycles. The van der Waals surface area contributed by atoms with E-state index in [-0.39, 0.29) is 0 Å². The summed E-state index contributed by atoms with van der Waals surface area (Å²) in [6, 6.07) is 7.47. The highest BCUT2D eigenvalue weighted by Gasteiger charge is 2.27. The van der Waals surface area contributed by atoms with Gasteiger partial charge < -0.3 is 10.6 Å². The van der Waals surface area contributed by atoms with E-state index in [9.17, 15) is 0 Å². The monoisotopic (exact) mass is 311 g/mol. The fourth-order valence-electron chi connectivity index (χ4n) is 2.65. The Morgan fingerprint density at radius 1 is 1.28 bits per heavy atom. The van der Waals surface area contributed by atoms with Crippen LogP contribution >= 0.6 is 15.9 Å². The average molecular weight is 312 g/mol. The van der Waals surface area contributed by atoms with Gasteiger partial charge in [-0.15, -0.1) is 0 Å². The molecule has 0 aromatic heterocycles. The molecule has 2 N–H and O–H groups in total. The molecule has 1 aromatic carbocycles. The molecular formula is C14H22BrN3. The van der Waals surface area contributed by atoms with Crippen LogP contribution < -0.4 is 10.6 Å². The molecule has 0 saturated carbocycles. The minimum absolute atomic E-state index is 0.568. The Hall–Kier alpha value is -0.580. The van der Waals surface area contributed by atoms with Crippen LogP contribution in [0.25, 0.3) is 0 Å². The summed E-state index contributed by atoms with van der Waals surface area (Å²) in [5.41, 5.74) is 8.37. The molecule has 0 amide bonds. The maximum atomic E-state index is 5.89. The lowest BCUT2D eigenvalue weighted by Crippen LogP contribution is -2.55. The Balaban J connectivity index is 2.29. The Morgan fingerprint density at radius 3 is 2.44 bits per heavy atom. The van der Waals surface area contributed by atoms with E-state index in [1.807, 2.05) is 0 Å². The molecular weight excluding hydrogens is 290 g/mol. The molecule has 1 fully saturated rings. The molecule has 0 bridgehead atoms. The van der Waals surface area contributed by atoms with E-state index in [0.29, 0.717) is 18.6 Å². The van der Waals surface area contributed by atoms with Crippen molar-refractivity contribution in [1.82, 2.24) is 4.90 Å². The molecule has 1 aromatic rings. The number of likely N-dealkylation sites (N-methyl/N-ethyl adjacent to an activating group) is 1. The van der Waals surface area contributed by atoms with Gasteiger partial charge in [0.2, 0.25) is 0 Å². The Morgan fingerprint density at radius 2 is 1.89 bits per heavy atom. The minimum atomic E-state index is 0.568. The van der Waals surface area contributed by atoms with Crippen LogP contribution in [0.1, 0.15) is 19.4 Å². The molecule has 0 spiro atoms. The Bertz CT molecular complexity index is 410. The average Bonchev–Trinajstić information content (AvgIpc) is 2.35. The van der Waals surface area contributed by atoms with Gasteiger partial charge in [0.15, 0.2) is 0 Å². The number of rotatable bonds is 2. The van der Waals surface area contributed by atoms with Crippen LogP contribution in [0.5, 0.6) is 0 Å².